The van der Waals surface area contributed by atoms with Gasteiger partial charge in [-0.15, -0.1) is 0 Å². The number of hydrogen-bond acceptors (Lipinski definition) is 3. The molecular weight excluding hydrogens is 226 g/mol. The number of nitrogens with one attached hydrogen (secondary N) is 1. The fraction of sp³-hybridized carbons (Fsp3) is 0.929. The molecule has 4 heteroatoms. The average molecular weight is 255 g/mol. The lowest BCUT2D eigenvalue weighted by Gasteiger charge is -2.41. The highest BCUT2D eigenvalue weighted by Gasteiger charge is 2.33. The summed E-state index contributed by atoms with van der Waals surface area (Å²) in [5.41, 5.74) is 6.16. The summed E-state index contributed by atoms with van der Waals surface area (Å²) < 4.78 is 0. The molecular formula is C14H29N3O. The van der Waals surface area contributed by atoms with Crippen molar-refractivity contribution in [1.29, 1.82) is 0 Å². The van der Waals surface area contributed by atoms with Crippen LogP contribution in [0.1, 0.15) is 51.9 Å². The van der Waals surface area contributed by atoms with E-state index in [9.17, 15) is 4.79 Å². The van der Waals surface area contributed by atoms with E-state index < -0.39 is 0 Å². The van der Waals surface area contributed by atoms with Crippen LogP contribution in [-0.4, -0.2) is 43.0 Å². The van der Waals surface area contributed by atoms with Gasteiger partial charge in [0.05, 0.1) is 0 Å². The molecule has 106 valence electrons. The lowest BCUT2D eigenvalue weighted by Crippen LogP contribution is -2.52. The average Bonchev–Trinajstić information content (AvgIpc) is 2.62. The van der Waals surface area contributed by atoms with Crippen molar-refractivity contribution < 1.29 is 4.79 Å². The molecule has 4 nitrogen and oxygen atoms in total. The Morgan fingerprint density at radius 1 is 1.28 bits per heavy atom. The highest BCUT2D eigenvalue weighted by molar-refractivity contribution is 5.75. The normalized spacial score (nSPS) is 19.6. The fourth-order valence-corrected chi connectivity index (χ4v) is 2.92. The van der Waals surface area contributed by atoms with Gasteiger partial charge in [-0.3, -0.25) is 9.69 Å². The van der Waals surface area contributed by atoms with Crippen molar-refractivity contribution in [2.24, 2.45) is 5.73 Å². The van der Waals surface area contributed by atoms with Gasteiger partial charge in [0.25, 0.3) is 0 Å². The van der Waals surface area contributed by atoms with Gasteiger partial charge in [0.1, 0.15) is 0 Å². The van der Waals surface area contributed by atoms with Crippen LogP contribution in [0.5, 0.6) is 0 Å². The van der Waals surface area contributed by atoms with E-state index >= 15 is 0 Å². The van der Waals surface area contributed by atoms with E-state index in [1.54, 1.807) is 0 Å². The molecule has 0 aromatic heterocycles. The zero-order valence-electron chi connectivity index (χ0n) is 12.0. The number of likely N-dealkylation sites (N-methyl/N-ethyl adjacent to an activating group) is 1. The zero-order chi connectivity index (χ0) is 13.4. The molecule has 0 aromatic rings. The second-order valence-corrected chi connectivity index (χ2v) is 5.47. The Morgan fingerprint density at radius 2 is 1.89 bits per heavy atom. The van der Waals surface area contributed by atoms with Crippen molar-refractivity contribution in [3.63, 3.8) is 0 Å². The first-order valence-corrected chi connectivity index (χ1v) is 7.32. The van der Waals surface area contributed by atoms with Crippen molar-refractivity contribution in [3.8, 4) is 0 Å². The quantitative estimate of drug-likeness (QED) is 0.707. The van der Waals surface area contributed by atoms with E-state index in [0.717, 1.165) is 6.54 Å². The second kappa shape index (κ2) is 7.74. The Kier molecular flexibility index (Phi) is 6.65. The van der Waals surface area contributed by atoms with E-state index in [1.807, 2.05) is 6.92 Å². The summed E-state index contributed by atoms with van der Waals surface area (Å²) >= 11 is 0. The van der Waals surface area contributed by atoms with Gasteiger partial charge >= 0.3 is 0 Å². The first-order chi connectivity index (χ1) is 8.64. The monoisotopic (exact) mass is 255 g/mol. The molecule has 1 rings (SSSR count). The maximum absolute atomic E-state index is 11.5. The van der Waals surface area contributed by atoms with Crippen molar-refractivity contribution in [2.75, 3.05) is 26.7 Å². The van der Waals surface area contributed by atoms with Crippen LogP contribution >= 0.6 is 0 Å². The molecule has 0 aromatic carbocycles. The molecule has 1 saturated carbocycles. The van der Waals surface area contributed by atoms with Crippen molar-refractivity contribution in [1.82, 2.24) is 10.2 Å². The molecule has 1 fully saturated rings. The summed E-state index contributed by atoms with van der Waals surface area (Å²) in [5, 5.41) is 2.85. The van der Waals surface area contributed by atoms with E-state index in [1.165, 1.54) is 38.5 Å². The maximum atomic E-state index is 11.5. The summed E-state index contributed by atoms with van der Waals surface area (Å²) in [4.78, 5) is 13.8. The van der Waals surface area contributed by atoms with Gasteiger partial charge in [0, 0.05) is 31.6 Å². The second-order valence-electron chi connectivity index (χ2n) is 5.47. The summed E-state index contributed by atoms with van der Waals surface area (Å²) in [6, 6.07) is 0. The number of amides is 1. The van der Waals surface area contributed by atoms with Gasteiger partial charge in [-0.05, 0) is 26.8 Å². The number of carbonyl (C=O) groups excluding carboxylic acids is 1. The zero-order valence-corrected chi connectivity index (χ0v) is 12.0. The summed E-state index contributed by atoms with van der Waals surface area (Å²) in [6.45, 7) is 4.18. The van der Waals surface area contributed by atoms with Gasteiger partial charge in [0.15, 0.2) is 0 Å². The summed E-state index contributed by atoms with van der Waals surface area (Å²) in [6.07, 6.45) is 8.11. The molecule has 0 unspecified atom stereocenters. The third-order valence-electron chi connectivity index (χ3n) is 4.27. The molecule has 1 amide bonds. The molecule has 0 spiro atoms. The third kappa shape index (κ3) is 4.25. The van der Waals surface area contributed by atoms with E-state index in [0.29, 0.717) is 19.5 Å². The molecule has 0 saturated heterocycles. The van der Waals surface area contributed by atoms with Crippen LogP contribution in [0, 0.1) is 0 Å². The fourth-order valence-electron chi connectivity index (χ4n) is 2.92. The van der Waals surface area contributed by atoms with Crippen LogP contribution in [0.2, 0.25) is 0 Å². The SMILES string of the molecule is CCNC(=O)CCN(C)C1(CN)CCCCCC1. The lowest BCUT2D eigenvalue weighted by molar-refractivity contribution is -0.121. The van der Waals surface area contributed by atoms with Crippen LogP contribution < -0.4 is 11.1 Å². The predicted octanol–water partition coefficient (Wildman–Crippen LogP) is 1.50. The molecule has 3 N–H and O–H groups in total. The topological polar surface area (TPSA) is 58.4 Å². The minimum Gasteiger partial charge on any atom is -0.356 e. The Bertz CT molecular complexity index is 247. The van der Waals surface area contributed by atoms with Crippen LogP contribution in [0.4, 0.5) is 0 Å². The highest BCUT2D eigenvalue weighted by Crippen LogP contribution is 2.30. The van der Waals surface area contributed by atoms with E-state index in [-0.39, 0.29) is 11.4 Å². The number of nitrogens with two attached hydrogens (primary N) is 1. The van der Waals surface area contributed by atoms with Crippen LogP contribution in [-0.2, 0) is 4.79 Å². The molecule has 0 atom stereocenters. The highest BCUT2D eigenvalue weighted by atomic mass is 16.1. The molecule has 0 radical (unpaired) electrons. The largest absolute Gasteiger partial charge is 0.356 e. The van der Waals surface area contributed by atoms with E-state index in [2.05, 4.69) is 17.3 Å². The van der Waals surface area contributed by atoms with Gasteiger partial charge in [-0.1, -0.05) is 25.7 Å². The van der Waals surface area contributed by atoms with Gasteiger partial charge < -0.3 is 11.1 Å². The van der Waals surface area contributed by atoms with Gasteiger partial charge in [-0.2, -0.15) is 0 Å². The summed E-state index contributed by atoms with van der Waals surface area (Å²) in [7, 11) is 2.12. The smallest absolute Gasteiger partial charge is 0.221 e. The minimum absolute atomic E-state index is 0.128. The van der Waals surface area contributed by atoms with Crippen LogP contribution in [0.25, 0.3) is 0 Å². The van der Waals surface area contributed by atoms with Crippen LogP contribution in [0.3, 0.4) is 0 Å². The first-order valence-electron chi connectivity index (χ1n) is 7.32. The number of carbonyl (C=O) groups is 1. The Balaban J connectivity index is 2.49. The number of rotatable bonds is 6. The van der Waals surface area contributed by atoms with E-state index in [4.69, 9.17) is 5.73 Å². The predicted molar refractivity (Wildman–Crippen MR) is 75.4 cm³/mol. The Morgan fingerprint density at radius 3 is 2.39 bits per heavy atom. The Hall–Kier alpha value is -0.610. The first kappa shape index (κ1) is 15.4. The van der Waals surface area contributed by atoms with Crippen molar-refractivity contribution in [2.45, 2.75) is 57.4 Å². The van der Waals surface area contributed by atoms with Crippen molar-refractivity contribution >= 4 is 5.91 Å². The maximum Gasteiger partial charge on any atom is 0.221 e. The lowest BCUT2D eigenvalue weighted by atomic mass is 9.88. The van der Waals surface area contributed by atoms with Crippen LogP contribution in [0.15, 0.2) is 0 Å². The molecule has 1 aliphatic carbocycles. The molecule has 0 aliphatic heterocycles. The van der Waals surface area contributed by atoms with Gasteiger partial charge in [-0.25, -0.2) is 0 Å². The standard InChI is InChI=1S/C14H29N3O/c1-3-16-13(18)8-11-17(2)14(12-15)9-6-4-5-7-10-14/h3-12,15H2,1-2H3,(H,16,18). The van der Waals surface area contributed by atoms with Crippen molar-refractivity contribution in [3.05, 3.63) is 0 Å². The Labute approximate surface area is 111 Å². The molecule has 18 heavy (non-hydrogen) atoms. The third-order valence-corrected chi connectivity index (χ3v) is 4.27. The molecule has 0 heterocycles. The van der Waals surface area contributed by atoms with Gasteiger partial charge in [0.2, 0.25) is 5.91 Å². The molecule has 0 bridgehead atoms. The minimum atomic E-state index is 0.128. The molecule has 1 aliphatic rings. The summed E-state index contributed by atoms with van der Waals surface area (Å²) in [5.74, 6) is 0.144. The number of nitrogens with zero attached hydrogens (tertiary/aromatic N) is 1. The number of hydrogen-bond donors (Lipinski definition) is 2.